The molecule has 6 nitrogen and oxygen atoms in total. The molecule has 59 heavy (non-hydrogen) atoms. The van der Waals surface area contributed by atoms with Crippen molar-refractivity contribution in [1.82, 2.24) is 0 Å². The van der Waals surface area contributed by atoms with Gasteiger partial charge in [0.05, 0.1) is 9.79 Å². The van der Waals surface area contributed by atoms with Crippen LogP contribution in [-0.2, 0) is 33.1 Å². The third-order valence-electron chi connectivity index (χ3n) is 11.5. The van der Waals surface area contributed by atoms with E-state index in [2.05, 4.69) is 13.8 Å². The zero-order valence-corrected chi connectivity index (χ0v) is 41.1. The summed E-state index contributed by atoms with van der Waals surface area (Å²) in [5.74, 6) is 0. The first-order valence-corrected chi connectivity index (χ1v) is 27.0. The van der Waals surface area contributed by atoms with Gasteiger partial charge in [0.1, 0.15) is 20.2 Å². The Morgan fingerprint density at radius 2 is 0.542 bits per heavy atom. The summed E-state index contributed by atoms with van der Waals surface area (Å²) in [6.07, 6.45) is 47.6. The Hall–Kier alpha value is -0.974. The Morgan fingerprint density at radius 1 is 0.339 bits per heavy atom. The zero-order valence-electron chi connectivity index (χ0n) is 38.0. The van der Waals surface area contributed by atoms with E-state index in [1.165, 1.54) is 230 Å². The van der Waals surface area contributed by atoms with E-state index >= 15 is 0 Å². The van der Waals surface area contributed by atoms with E-state index in [9.17, 15) is 25.9 Å². The van der Waals surface area contributed by atoms with E-state index in [0.717, 1.165) is 36.8 Å². The van der Waals surface area contributed by atoms with Crippen molar-refractivity contribution in [2.45, 2.75) is 255 Å². The minimum absolute atomic E-state index is 0. The average molecular weight is 872 g/mol. The Kier molecular flexibility index (Phi) is 39.2. The molecule has 0 unspecified atom stereocenters. The molecule has 0 heterocycles. The fourth-order valence-electron chi connectivity index (χ4n) is 7.82. The van der Waals surface area contributed by atoms with Gasteiger partial charge in [0.15, 0.2) is 0 Å². The van der Waals surface area contributed by atoms with Gasteiger partial charge in [-0.25, -0.2) is 16.8 Å². The molecule has 2 rings (SSSR count). The van der Waals surface area contributed by atoms with E-state index in [4.69, 9.17) is 0 Å². The summed E-state index contributed by atoms with van der Waals surface area (Å²) in [6.45, 7) is 4.55. The Morgan fingerprint density at radius 3 is 0.746 bits per heavy atom. The molecule has 0 radical (unpaired) electrons. The number of unbranched alkanes of at least 4 members (excludes halogenated alkanes) is 32. The molecule has 0 spiro atoms. The summed E-state index contributed by atoms with van der Waals surface area (Å²) >= 11 is 0. The summed E-state index contributed by atoms with van der Waals surface area (Å²) in [4.78, 5) is -0.219. The smallest absolute Gasteiger partial charge is 0.744 e. The summed E-state index contributed by atoms with van der Waals surface area (Å²) in [6, 6.07) is 12.9. The molecule has 0 atom stereocenters. The van der Waals surface area contributed by atoms with Crippen molar-refractivity contribution in [3.8, 4) is 0 Å². The van der Waals surface area contributed by atoms with Gasteiger partial charge in [-0.3, -0.25) is 0 Å². The Labute approximate surface area is 381 Å². The fraction of sp³-hybridized carbons (Fsp3) is 0.760. The maximum atomic E-state index is 11.1. The van der Waals surface area contributed by atoms with Crippen LogP contribution in [0.2, 0.25) is 0 Å². The Balaban J connectivity index is 0.00000112. The van der Waals surface area contributed by atoms with Crippen molar-refractivity contribution in [1.29, 1.82) is 0 Å². The van der Waals surface area contributed by atoms with Gasteiger partial charge in [-0.2, -0.15) is 0 Å². The maximum absolute atomic E-state index is 11.1. The van der Waals surface area contributed by atoms with Crippen LogP contribution in [0, 0.1) is 0 Å². The number of rotatable bonds is 38. The monoisotopic (exact) mass is 871 g/mol. The first-order chi connectivity index (χ1) is 28.1. The molecule has 0 bridgehead atoms. The number of hydrogen-bond acceptors (Lipinski definition) is 6. The van der Waals surface area contributed by atoms with Crippen molar-refractivity contribution < 1.29 is 25.9 Å². The van der Waals surface area contributed by atoms with E-state index in [1.54, 1.807) is 12.1 Å². The van der Waals surface area contributed by atoms with Crippen LogP contribution in [0.4, 0.5) is 0 Å². The predicted molar refractivity (Wildman–Crippen MR) is 250 cm³/mol. The largest absolute Gasteiger partial charge is 2.00 e. The van der Waals surface area contributed by atoms with Crippen LogP contribution in [0.25, 0.3) is 0 Å². The van der Waals surface area contributed by atoms with E-state index in [-0.39, 0.29) is 32.8 Å². The van der Waals surface area contributed by atoms with Crippen molar-refractivity contribution >= 4 is 43.3 Å². The molecule has 0 aliphatic carbocycles. The minimum atomic E-state index is -4.34. The molecule has 0 N–H and O–H groups in total. The fourth-order valence-corrected chi connectivity index (χ4v) is 8.90. The van der Waals surface area contributed by atoms with E-state index in [0.29, 0.717) is 0 Å². The summed E-state index contributed by atoms with van der Waals surface area (Å²) in [5.41, 5.74) is 1.89. The SMILES string of the molecule is CCCCCCCCCCCCCCCCCCCc1cccc(S(=O)(=O)[O-])c1.CCCCCCCCCCCCCCCCCCCc1cccc(S(=O)(=O)[O-])c1.[Mg+2]. The minimum Gasteiger partial charge on any atom is -0.744 e. The third kappa shape index (κ3) is 36.2. The molecule has 0 amide bonds. The maximum Gasteiger partial charge on any atom is 2.00 e. The predicted octanol–water partition coefficient (Wildman–Crippen LogP) is 15.2. The van der Waals surface area contributed by atoms with Crippen LogP contribution in [0.3, 0.4) is 0 Å². The van der Waals surface area contributed by atoms with Gasteiger partial charge in [-0.15, -0.1) is 0 Å². The molecule has 0 fully saturated rings. The van der Waals surface area contributed by atoms with Crippen molar-refractivity contribution in [2.24, 2.45) is 0 Å². The van der Waals surface area contributed by atoms with Gasteiger partial charge in [-0.05, 0) is 61.1 Å². The molecule has 0 saturated heterocycles. The average Bonchev–Trinajstić information content (AvgIpc) is 3.20. The number of hydrogen-bond donors (Lipinski definition) is 0. The molecule has 0 saturated carbocycles. The van der Waals surface area contributed by atoms with Crippen LogP contribution >= 0.6 is 0 Å². The zero-order chi connectivity index (χ0) is 42.4. The van der Waals surface area contributed by atoms with Crippen LogP contribution < -0.4 is 0 Å². The Bertz CT molecular complexity index is 1340. The first kappa shape index (κ1) is 58.0. The van der Waals surface area contributed by atoms with E-state index in [1.807, 2.05) is 12.1 Å². The van der Waals surface area contributed by atoms with Crippen molar-refractivity contribution in [3.63, 3.8) is 0 Å². The summed E-state index contributed by atoms with van der Waals surface area (Å²) < 4.78 is 66.4. The quantitative estimate of drug-likeness (QED) is 0.0377. The van der Waals surface area contributed by atoms with E-state index < -0.39 is 20.2 Å². The molecule has 2 aromatic rings. The second kappa shape index (κ2) is 39.8. The van der Waals surface area contributed by atoms with Gasteiger partial charge in [-0.1, -0.05) is 244 Å². The van der Waals surface area contributed by atoms with Gasteiger partial charge in [0.2, 0.25) is 0 Å². The van der Waals surface area contributed by atoms with Gasteiger partial charge in [0.25, 0.3) is 0 Å². The normalized spacial score (nSPS) is 11.6. The van der Waals surface area contributed by atoms with Gasteiger partial charge < -0.3 is 9.11 Å². The standard InChI is InChI=1S/2C25H44O3S.Mg/c2*1-2-3-4-5-6-7-8-9-10-11-12-13-14-15-16-17-18-20-24-21-19-22-25(23-24)29(26,27)28;/h2*19,21-23H,2-18,20H2,1H3,(H,26,27,28);/q;;+2/p-2. The second-order valence-electron chi connectivity index (χ2n) is 17.0. The molecule has 0 aliphatic rings. The number of benzene rings is 2. The third-order valence-corrected chi connectivity index (χ3v) is 13.2. The van der Waals surface area contributed by atoms with Crippen molar-refractivity contribution in [2.75, 3.05) is 0 Å². The topological polar surface area (TPSA) is 114 Å². The summed E-state index contributed by atoms with van der Waals surface area (Å²) in [7, 11) is -8.67. The molecule has 0 aliphatic heterocycles. The summed E-state index contributed by atoms with van der Waals surface area (Å²) in [5, 5.41) is 0. The van der Waals surface area contributed by atoms with Crippen LogP contribution in [-0.4, -0.2) is 49.0 Å². The molecule has 336 valence electrons. The van der Waals surface area contributed by atoms with Crippen molar-refractivity contribution in [3.05, 3.63) is 59.7 Å². The molecular weight excluding hydrogens is 785 g/mol. The molecule has 0 aromatic heterocycles. The molecular formula is C50H86MgO6S2. The second-order valence-corrected chi connectivity index (χ2v) is 19.8. The number of aryl methyl sites for hydroxylation is 2. The van der Waals surface area contributed by atoms with Crippen LogP contribution in [0.15, 0.2) is 58.3 Å². The molecule has 2 aromatic carbocycles. The first-order valence-electron chi connectivity index (χ1n) is 24.2. The van der Waals surface area contributed by atoms with Crippen LogP contribution in [0.5, 0.6) is 0 Å². The van der Waals surface area contributed by atoms with Gasteiger partial charge >= 0.3 is 23.1 Å². The van der Waals surface area contributed by atoms with Gasteiger partial charge in [0, 0.05) is 0 Å². The van der Waals surface area contributed by atoms with Crippen LogP contribution in [0.1, 0.15) is 243 Å². The molecule has 9 heteroatoms.